The fourth-order valence-electron chi connectivity index (χ4n) is 10.1. The van der Waals surface area contributed by atoms with E-state index in [1.807, 2.05) is 58.1 Å². The average Bonchev–Trinajstić information content (AvgIpc) is 3.28. The lowest BCUT2D eigenvalue weighted by atomic mass is 9.78. The Morgan fingerprint density at radius 2 is 1.57 bits per heavy atom. The van der Waals surface area contributed by atoms with Gasteiger partial charge in [0.15, 0.2) is 5.78 Å². The summed E-state index contributed by atoms with van der Waals surface area (Å²) in [6.45, 7) is 12.7. The van der Waals surface area contributed by atoms with Gasteiger partial charge in [-0.15, -0.1) is 0 Å². The van der Waals surface area contributed by atoms with Gasteiger partial charge in [-0.05, 0) is 107 Å². The van der Waals surface area contributed by atoms with Gasteiger partial charge in [-0.3, -0.25) is 19.2 Å². The summed E-state index contributed by atoms with van der Waals surface area (Å²) in [6.07, 6.45) is 11.2. The molecule has 14 heteroatoms. The molecule has 65 heavy (non-hydrogen) atoms. The third-order valence-corrected chi connectivity index (χ3v) is 14.5. The number of ether oxygens (including phenoxy) is 5. The summed E-state index contributed by atoms with van der Waals surface area (Å²) in [5.74, 6) is -7.96. The van der Waals surface area contributed by atoms with Crippen LogP contribution >= 0.6 is 0 Å². The first-order valence-corrected chi connectivity index (χ1v) is 23.9. The lowest BCUT2D eigenvalue weighted by molar-refractivity contribution is -0.265. The topological polar surface area (TPSA) is 195 Å². The minimum atomic E-state index is -2.43. The molecule has 14 nitrogen and oxygen atoms in total. The molecule has 2 saturated heterocycles. The van der Waals surface area contributed by atoms with Gasteiger partial charge < -0.3 is 43.9 Å². The maximum atomic E-state index is 14.4. The Kier molecular flexibility index (Phi) is 21.0. The van der Waals surface area contributed by atoms with Crippen molar-refractivity contribution in [1.82, 2.24) is 4.90 Å². The number of piperidine rings is 1. The molecule has 0 aromatic heterocycles. The van der Waals surface area contributed by atoms with Crippen molar-refractivity contribution in [3.63, 3.8) is 0 Å². The van der Waals surface area contributed by atoms with E-state index in [-0.39, 0.29) is 54.8 Å². The second kappa shape index (κ2) is 25.1. The minimum Gasteiger partial charge on any atom is -0.460 e. The van der Waals surface area contributed by atoms with Gasteiger partial charge >= 0.3 is 5.97 Å². The van der Waals surface area contributed by atoms with E-state index in [4.69, 9.17) is 23.7 Å². The monoisotopic (exact) mass is 914 g/mol. The van der Waals surface area contributed by atoms with Gasteiger partial charge in [-0.1, -0.05) is 71.1 Å². The van der Waals surface area contributed by atoms with E-state index in [0.717, 1.165) is 12.0 Å². The maximum absolute atomic E-state index is 14.4. The zero-order chi connectivity index (χ0) is 48.2. The van der Waals surface area contributed by atoms with E-state index in [0.29, 0.717) is 63.4 Å². The molecule has 15 atom stereocenters. The highest BCUT2D eigenvalue weighted by molar-refractivity contribution is 6.39. The van der Waals surface area contributed by atoms with E-state index >= 15 is 0 Å². The molecule has 3 fully saturated rings. The van der Waals surface area contributed by atoms with Crippen LogP contribution in [0, 0.1) is 35.5 Å². The smallest absolute Gasteiger partial charge is 0.329 e. The van der Waals surface area contributed by atoms with Crippen molar-refractivity contribution < 1.29 is 63.0 Å². The maximum Gasteiger partial charge on any atom is 0.329 e. The summed E-state index contributed by atoms with van der Waals surface area (Å²) in [6, 6.07) is -1.14. The number of aliphatic hydroxyl groups is 3. The Morgan fingerprint density at radius 3 is 2.25 bits per heavy atom. The van der Waals surface area contributed by atoms with Crippen molar-refractivity contribution in [2.75, 3.05) is 27.9 Å². The molecule has 366 valence electrons. The third kappa shape index (κ3) is 14.3. The Bertz CT molecular complexity index is 1760. The van der Waals surface area contributed by atoms with Gasteiger partial charge in [0.2, 0.25) is 5.79 Å². The van der Waals surface area contributed by atoms with E-state index < -0.39 is 83.9 Å². The van der Waals surface area contributed by atoms with Crippen LogP contribution < -0.4 is 0 Å². The molecular weight excluding hydrogens is 835 g/mol. The summed E-state index contributed by atoms with van der Waals surface area (Å²) in [4.78, 5) is 71.8. The standard InChI is InChI=1S/C51H79NO13/c1-30-16-12-11-13-17-31(2)42(61-8)28-38-21-19-36(7)51(60,65-38)48(57)49(58)52-23-15-14-18-39(52)50(59)64-43(33(4)26-37-20-22-40(53)44(27-37)62-9)29-41(54)32(3)25-35(6)46(56)47(63-10)45(55)34(5)24-30/h11-13,16-17,25,30,32-34,36-40,42-44,46-47,53,56,60H,14-15,18-24,26-29H2,1-10H3/b13-11+,16-12+,31-17-,35-25+/t30?,32?,33?,34?,36?,37?,38?,39?,40?,42?,43?,44?,46?,47?,51-/m0/s1. The molecule has 3 aliphatic heterocycles. The van der Waals surface area contributed by atoms with E-state index in [9.17, 15) is 39.3 Å². The summed E-state index contributed by atoms with van der Waals surface area (Å²) in [5.41, 5.74) is 1.27. The number of amides is 1. The van der Waals surface area contributed by atoms with Crippen LogP contribution in [0.3, 0.4) is 0 Å². The van der Waals surface area contributed by atoms with Crippen LogP contribution in [-0.2, 0) is 47.7 Å². The van der Waals surface area contributed by atoms with Crippen LogP contribution in [0.25, 0.3) is 0 Å². The highest BCUT2D eigenvalue weighted by Gasteiger charge is 2.53. The number of esters is 1. The quantitative estimate of drug-likeness (QED) is 0.156. The van der Waals surface area contributed by atoms with Crippen LogP contribution in [0.4, 0.5) is 0 Å². The molecule has 3 heterocycles. The van der Waals surface area contributed by atoms with Crippen molar-refractivity contribution in [3.8, 4) is 0 Å². The molecule has 3 N–H and O–H groups in total. The Hall–Kier alpha value is -3.37. The second-order valence-corrected chi connectivity index (χ2v) is 19.6. The van der Waals surface area contributed by atoms with Crippen molar-refractivity contribution in [3.05, 3.63) is 47.6 Å². The number of rotatable bonds is 6. The molecule has 0 aromatic rings. The normalized spacial score (nSPS) is 40.4. The number of nitrogens with zero attached hydrogens (tertiary/aromatic N) is 1. The number of hydrogen-bond acceptors (Lipinski definition) is 13. The van der Waals surface area contributed by atoms with Crippen LogP contribution in [0.2, 0.25) is 0 Å². The molecule has 4 aliphatic rings. The van der Waals surface area contributed by atoms with Crippen molar-refractivity contribution in [1.29, 1.82) is 0 Å². The van der Waals surface area contributed by atoms with Crippen molar-refractivity contribution in [2.45, 2.75) is 180 Å². The molecule has 0 aromatic carbocycles. The summed E-state index contributed by atoms with van der Waals surface area (Å²) in [5, 5.41) is 33.8. The molecule has 1 saturated carbocycles. The largest absolute Gasteiger partial charge is 0.460 e. The molecule has 1 aliphatic carbocycles. The highest BCUT2D eigenvalue weighted by atomic mass is 16.6. The predicted molar refractivity (Wildman–Crippen MR) is 245 cm³/mol. The molecule has 1 amide bonds. The summed E-state index contributed by atoms with van der Waals surface area (Å²) in [7, 11) is 4.52. The van der Waals surface area contributed by atoms with Gasteiger partial charge in [0, 0.05) is 58.5 Å². The summed E-state index contributed by atoms with van der Waals surface area (Å²) >= 11 is 0. The van der Waals surface area contributed by atoms with E-state index in [2.05, 4.69) is 0 Å². The number of ketones is 3. The molecule has 0 radical (unpaired) electrons. The predicted octanol–water partition coefficient (Wildman–Crippen LogP) is 6.18. The van der Waals surface area contributed by atoms with E-state index in [1.54, 1.807) is 41.1 Å². The number of methoxy groups -OCH3 is 3. The van der Waals surface area contributed by atoms with Crippen LogP contribution in [0.1, 0.15) is 126 Å². The zero-order valence-corrected chi connectivity index (χ0v) is 40.6. The highest BCUT2D eigenvalue weighted by Crippen LogP contribution is 2.38. The van der Waals surface area contributed by atoms with Gasteiger partial charge in [0.25, 0.3) is 11.7 Å². The molecule has 0 spiro atoms. The zero-order valence-electron chi connectivity index (χ0n) is 40.6. The lowest BCUT2D eigenvalue weighted by Crippen LogP contribution is -2.61. The van der Waals surface area contributed by atoms with Crippen molar-refractivity contribution >= 4 is 29.2 Å². The summed E-state index contributed by atoms with van der Waals surface area (Å²) < 4.78 is 29.4. The first kappa shape index (κ1) is 54.2. The lowest BCUT2D eigenvalue weighted by Gasteiger charge is -2.42. The first-order chi connectivity index (χ1) is 30.7. The number of carbonyl (C=O) groups is 5. The fourth-order valence-corrected chi connectivity index (χ4v) is 10.1. The molecule has 2 bridgehead atoms. The number of fused-ring (bicyclic) bond motifs is 3. The Labute approximate surface area is 387 Å². The third-order valence-electron chi connectivity index (χ3n) is 14.5. The SMILES string of the molecule is COC1CC2CCC(C)[C@](O)(O2)C(=O)C(=O)N2CCCCC2C(=O)OC(C(C)CC2CCC(O)C(OC)C2)CC(=O)C(C)/C=C(\C)C(O)C(OC)C(=O)C(C)CC(C)/C=C/C=C/C=C\1C. The number of carbonyl (C=O) groups excluding carboxylic acids is 5. The number of cyclic esters (lactones) is 1. The molecule has 14 unspecified atom stereocenters. The second-order valence-electron chi connectivity index (χ2n) is 19.6. The van der Waals surface area contributed by atoms with Crippen LogP contribution in [0.5, 0.6) is 0 Å². The van der Waals surface area contributed by atoms with Crippen LogP contribution in [-0.4, -0.2) is 132 Å². The minimum absolute atomic E-state index is 0.0193. The Morgan fingerprint density at radius 1 is 0.846 bits per heavy atom. The van der Waals surface area contributed by atoms with E-state index in [1.165, 1.54) is 12.0 Å². The number of hydrogen-bond donors (Lipinski definition) is 3. The fraction of sp³-hybridized carbons (Fsp3) is 0.745. The van der Waals surface area contributed by atoms with Gasteiger partial charge in [-0.2, -0.15) is 0 Å². The van der Waals surface area contributed by atoms with Crippen LogP contribution in [0.15, 0.2) is 47.6 Å². The Balaban J connectivity index is 1.70. The number of Topliss-reactive ketones (excluding diaryl/α,β-unsaturated/α-hetero) is 3. The van der Waals surface area contributed by atoms with Gasteiger partial charge in [-0.25, -0.2) is 4.79 Å². The number of aliphatic hydroxyl groups excluding tert-OH is 2. The first-order valence-electron chi connectivity index (χ1n) is 23.9. The number of allylic oxidation sites excluding steroid dienone is 6. The molecular formula is C51H79NO13. The van der Waals surface area contributed by atoms with Crippen molar-refractivity contribution in [2.24, 2.45) is 35.5 Å². The average molecular weight is 914 g/mol. The van der Waals surface area contributed by atoms with Gasteiger partial charge in [0.05, 0.1) is 24.4 Å². The van der Waals surface area contributed by atoms with Gasteiger partial charge in [0.1, 0.15) is 30.1 Å². The molecule has 4 rings (SSSR count).